The van der Waals surface area contributed by atoms with Crippen LogP contribution in [0.2, 0.25) is 0 Å². The van der Waals surface area contributed by atoms with Crippen molar-refractivity contribution in [3.63, 3.8) is 0 Å². The molecule has 0 heterocycles. The van der Waals surface area contributed by atoms with Gasteiger partial charge in [0.05, 0.1) is 0 Å². The maximum Gasteiger partial charge on any atom is 1.00 e. The van der Waals surface area contributed by atoms with Crippen molar-refractivity contribution in [3.05, 3.63) is 12.7 Å². The van der Waals surface area contributed by atoms with Crippen LogP contribution in [0.4, 0.5) is 0 Å². The zero-order chi connectivity index (χ0) is 11.2. The van der Waals surface area contributed by atoms with Crippen molar-refractivity contribution in [1.82, 2.24) is 0 Å². The van der Waals surface area contributed by atoms with Gasteiger partial charge in [-0.05, 0) is 0 Å². The number of carbonyl (C=O) groups is 1. The van der Waals surface area contributed by atoms with Gasteiger partial charge in [-0.1, -0.05) is 13.5 Å². The fourth-order valence-corrected chi connectivity index (χ4v) is 1.12. The number of esters is 1. The summed E-state index contributed by atoms with van der Waals surface area (Å²) in [6.07, 6.45) is 0.0468. The summed E-state index contributed by atoms with van der Waals surface area (Å²) in [6, 6.07) is 0. The molecule has 2 unspecified atom stereocenters. The third kappa shape index (κ3) is 8.16. The van der Waals surface area contributed by atoms with E-state index in [1.54, 1.807) is 6.92 Å². The minimum Gasteiger partial charge on any atom is -1.00 e. The minimum absolute atomic E-state index is 0. The average molecular weight is 248 g/mol. The third-order valence-corrected chi connectivity index (χ3v) is 2.19. The Morgan fingerprint density at radius 1 is 1.73 bits per heavy atom. The molecule has 0 saturated carbocycles. The second-order valence-electron chi connectivity index (χ2n) is 2.24. The van der Waals surface area contributed by atoms with Crippen LogP contribution < -0.4 is 29.6 Å². The normalized spacial score (nSPS) is 15.7. The van der Waals surface area contributed by atoms with Crippen LogP contribution in [-0.4, -0.2) is 24.3 Å². The summed E-state index contributed by atoms with van der Waals surface area (Å²) >= 11 is 0. The molecule has 0 aromatic rings. The zero-order valence-electron chi connectivity index (χ0n) is 10.0. The molecule has 1 N–H and O–H groups in total. The fourth-order valence-electron chi connectivity index (χ4n) is 0.549. The van der Waals surface area contributed by atoms with E-state index in [1.165, 1.54) is 0 Å². The molecular weight excluding hydrogens is 234 g/mol. The van der Waals surface area contributed by atoms with Gasteiger partial charge in [0.2, 0.25) is 6.29 Å². The van der Waals surface area contributed by atoms with Crippen molar-refractivity contribution < 1.29 is 59.0 Å². The molecule has 0 amide bonds. The first kappa shape index (κ1) is 17.7. The van der Waals surface area contributed by atoms with Gasteiger partial charge in [-0.15, -0.1) is 0 Å². The first-order valence-corrected chi connectivity index (χ1v) is 5.34. The van der Waals surface area contributed by atoms with E-state index in [4.69, 9.17) is 4.89 Å². The van der Waals surface area contributed by atoms with Crippen LogP contribution >= 0.6 is 7.82 Å². The first-order chi connectivity index (χ1) is 6.45. The quantitative estimate of drug-likeness (QED) is 0.199. The van der Waals surface area contributed by atoms with Gasteiger partial charge in [-0.25, -0.2) is 13.9 Å². The van der Waals surface area contributed by atoms with E-state index in [-0.39, 0.29) is 37.4 Å². The van der Waals surface area contributed by atoms with Crippen molar-refractivity contribution in [2.75, 3.05) is 7.11 Å². The Bertz CT molecular complexity index is 261. The van der Waals surface area contributed by atoms with E-state index >= 15 is 0 Å². The summed E-state index contributed by atoms with van der Waals surface area (Å²) in [4.78, 5) is 19.6. The smallest absolute Gasteiger partial charge is 1.00 e. The van der Waals surface area contributed by atoms with Crippen LogP contribution in [0, 0.1) is 0 Å². The maximum atomic E-state index is 10.9. The van der Waals surface area contributed by atoms with E-state index in [1.807, 2.05) is 0 Å². The fraction of sp³-hybridized carbons (Fsp3) is 0.571. The van der Waals surface area contributed by atoms with Gasteiger partial charge in [0, 0.05) is 19.6 Å². The molecule has 8 heteroatoms. The van der Waals surface area contributed by atoms with Crippen LogP contribution in [0.1, 0.15) is 14.8 Å². The molecule has 0 aromatic carbocycles. The number of rotatable bonds is 6. The van der Waals surface area contributed by atoms with Crippen LogP contribution in [0.25, 0.3) is 0 Å². The van der Waals surface area contributed by atoms with Crippen LogP contribution in [0.5, 0.6) is 0 Å². The van der Waals surface area contributed by atoms with E-state index < -0.39 is 20.1 Å². The molecule has 0 aliphatic carbocycles. The summed E-state index contributed by atoms with van der Waals surface area (Å²) in [7, 11) is -3.11. The molecule has 0 radical (unpaired) electrons. The predicted octanol–water partition coefficient (Wildman–Crippen LogP) is -1.67. The molecule has 0 bridgehead atoms. The van der Waals surface area contributed by atoms with Crippen molar-refractivity contribution in [1.29, 1.82) is 0 Å². The van der Waals surface area contributed by atoms with Crippen molar-refractivity contribution in [2.24, 2.45) is 0 Å². The monoisotopic (exact) mass is 248 g/mol. The van der Waals surface area contributed by atoms with Gasteiger partial charge in [-0.3, -0.25) is 4.52 Å². The van der Waals surface area contributed by atoms with Gasteiger partial charge >= 0.3 is 43.3 Å². The molecular formula is C7H14NaO6P. The second kappa shape index (κ2) is 8.47. The van der Waals surface area contributed by atoms with Gasteiger partial charge in [0.1, 0.15) is 0 Å². The summed E-state index contributed by atoms with van der Waals surface area (Å²) in [5, 5.41) is 0. The number of carbonyl (C=O) groups excluding carboxylic acids is 1. The third-order valence-electron chi connectivity index (χ3n) is 1.23. The predicted molar refractivity (Wildman–Crippen MR) is 49.4 cm³/mol. The number of hydrogen-bond acceptors (Lipinski definition) is 5. The zero-order valence-corrected chi connectivity index (χ0v) is 11.9. The summed E-state index contributed by atoms with van der Waals surface area (Å²) in [5.41, 5.74) is 0. The number of phosphoric ester groups is 1. The second-order valence-corrected chi connectivity index (χ2v) is 3.75. The van der Waals surface area contributed by atoms with Crippen molar-refractivity contribution in [3.8, 4) is 0 Å². The molecule has 15 heavy (non-hydrogen) atoms. The van der Waals surface area contributed by atoms with Crippen LogP contribution in [-0.2, 0) is 23.1 Å². The Morgan fingerprint density at radius 3 is 2.60 bits per heavy atom. The Balaban J connectivity index is -0.000000845. The SMILES string of the molecule is C=CC(=O)OC(CC)OP(=O)(O)OC.[H-].[Na+]. The molecule has 0 saturated heterocycles. The number of phosphoric acid groups is 1. The molecule has 0 spiro atoms. The van der Waals surface area contributed by atoms with E-state index in [9.17, 15) is 9.36 Å². The maximum absolute atomic E-state index is 10.9. The number of ether oxygens (including phenoxy) is 1. The van der Waals surface area contributed by atoms with Crippen molar-refractivity contribution >= 4 is 13.8 Å². The number of hydrogen-bond donors (Lipinski definition) is 1. The van der Waals surface area contributed by atoms with Gasteiger partial charge in [-0.2, -0.15) is 0 Å². The standard InChI is InChI=1S/C7H13O6P.Na.H/c1-4-6(8)12-7(5-2)13-14(9,10)11-3;;/h4,7H,1,5H2,2-3H3,(H,9,10);;/q;+1;-1. The first-order valence-electron chi connectivity index (χ1n) is 3.85. The van der Waals surface area contributed by atoms with Gasteiger partial charge in [0.15, 0.2) is 0 Å². The molecule has 0 fully saturated rings. The molecule has 0 rings (SSSR count). The average Bonchev–Trinajstić information content (AvgIpc) is 2.16. The Hall–Kier alpha value is 0.320. The summed E-state index contributed by atoms with van der Waals surface area (Å²) < 4.78 is 24.2. The summed E-state index contributed by atoms with van der Waals surface area (Å²) in [6.45, 7) is 4.79. The minimum atomic E-state index is -4.12. The Morgan fingerprint density at radius 2 is 2.27 bits per heavy atom. The molecule has 0 aliphatic rings. The van der Waals surface area contributed by atoms with Crippen LogP contribution in [0.3, 0.4) is 0 Å². The van der Waals surface area contributed by atoms with E-state index in [0.29, 0.717) is 0 Å². The molecule has 0 aromatic heterocycles. The Labute approximate surface area is 112 Å². The van der Waals surface area contributed by atoms with Crippen LogP contribution in [0.15, 0.2) is 12.7 Å². The Kier molecular flexibility index (Phi) is 10.00. The topological polar surface area (TPSA) is 82.1 Å². The van der Waals surface area contributed by atoms with Gasteiger partial charge < -0.3 is 11.1 Å². The molecule has 84 valence electrons. The van der Waals surface area contributed by atoms with E-state index in [0.717, 1.165) is 13.2 Å². The largest absolute Gasteiger partial charge is 1.00 e. The van der Waals surface area contributed by atoms with Crippen molar-refractivity contribution in [2.45, 2.75) is 19.6 Å². The molecule has 6 nitrogen and oxygen atoms in total. The molecule has 0 aliphatic heterocycles. The molecule has 2 atom stereocenters. The van der Waals surface area contributed by atoms with Gasteiger partial charge in [0.25, 0.3) is 0 Å². The van der Waals surface area contributed by atoms with E-state index in [2.05, 4.69) is 20.4 Å². The summed E-state index contributed by atoms with van der Waals surface area (Å²) in [5.74, 6) is -0.729.